The number of esters is 1. The Hall–Kier alpha value is -3.68. The zero-order valence-electron chi connectivity index (χ0n) is 19.6. The van der Waals surface area contributed by atoms with Crippen LogP contribution >= 0.6 is 0 Å². The lowest BCUT2D eigenvalue weighted by molar-refractivity contribution is -0.141. The first-order valence-corrected chi connectivity index (χ1v) is 11.4. The van der Waals surface area contributed by atoms with Crippen LogP contribution in [0.5, 0.6) is 5.75 Å². The van der Waals surface area contributed by atoms with E-state index < -0.39 is 12.1 Å². The minimum Gasteiger partial charge on any atom is -0.496 e. The Labute approximate surface area is 198 Å². The molecule has 1 atom stereocenters. The summed E-state index contributed by atoms with van der Waals surface area (Å²) in [5.74, 6) is -0.821. The molecule has 2 aromatic carbocycles. The summed E-state index contributed by atoms with van der Waals surface area (Å²) >= 11 is 0. The molecule has 1 saturated heterocycles. The summed E-state index contributed by atoms with van der Waals surface area (Å²) in [5.41, 5.74) is 1.41. The highest BCUT2D eigenvalue weighted by atomic mass is 16.5. The fourth-order valence-electron chi connectivity index (χ4n) is 4.34. The number of piperidine rings is 1. The second-order valence-corrected chi connectivity index (χ2v) is 8.83. The molecule has 0 bridgehead atoms. The average molecular weight is 465 g/mol. The number of likely N-dealkylation sites (tertiary alicyclic amines) is 1. The van der Waals surface area contributed by atoms with Crippen LogP contribution in [0.15, 0.2) is 42.5 Å². The number of carbonyl (C=O) groups excluding carboxylic acids is 4. The van der Waals surface area contributed by atoms with Gasteiger partial charge in [-0.3, -0.25) is 19.3 Å². The Bertz CT molecular complexity index is 1100. The maximum atomic E-state index is 13.0. The van der Waals surface area contributed by atoms with Crippen LogP contribution in [0.25, 0.3) is 0 Å². The van der Waals surface area contributed by atoms with E-state index in [2.05, 4.69) is 6.92 Å². The maximum Gasteiger partial charge on any atom is 0.342 e. The van der Waals surface area contributed by atoms with Gasteiger partial charge in [-0.25, -0.2) is 4.79 Å². The molecule has 2 aromatic rings. The quantitative estimate of drug-likeness (QED) is 0.481. The maximum absolute atomic E-state index is 13.0. The first kappa shape index (κ1) is 23.5. The zero-order chi connectivity index (χ0) is 24.4. The molecule has 2 aliphatic rings. The van der Waals surface area contributed by atoms with Gasteiger partial charge in [-0.2, -0.15) is 0 Å². The number of carbonyl (C=O) groups is 4. The molecule has 3 amide bonds. The van der Waals surface area contributed by atoms with Gasteiger partial charge in [0.2, 0.25) is 0 Å². The van der Waals surface area contributed by atoms with Crippen LogP contribution in [0.4, 0.5) is 0 Å². The third-order valence-electron chi connectivity index (χ3n) is 6.43. The Kier molecular flexibility index (Phi) is 6.68. The first-order chi connectivity index (χ1) is 16.3. The van der Waals surface area contributed by atoms with Crippen molar-refractivity contribution in [3.8, 4) is 5.75 Å². The smallest absolute Gasteiger partial charge is 0.342 e. The summed E-state index contributed by atoms with van der Waals surface area (Å²) in [6.45, 7) is 5.03. The molecule has 1 fully saturated rings. The molecule has 2 aliphatic heterocycles. The molecule has 8 nitrogen and oxygen atoms in total. The van der Waals surface area contributed by atoms with Crippen LogP contribution < -0.4 is 4.74 Å². The van der Waals surface area contributed by atoms with Gasteiger partial charge in [-0.1, -0.05) is 25.1 Å². The third kappa shape index (κ3) is 4.53. The van der Waals surface area contributed by atoms with Gasteiger partial charge in [-0.15, -0.1) is 0 Å². The van der Waals surface area contributed by atoms with Crippen LogP contribution in [-0.2, 0) is 16.1 Å². The van der Waals surface area contributed by atoms with Crippen LogP contribution in [0, 0.1) is 5.92 Å². The normalized spacial score (nSPS) is 16.9. The molecule has 0 radical (unpaired) electrons. The van der Waals surface area contributed by atoms with Gasteiger partial charge >= 0.3 is 5.97 Å². The molecule has 0 saturated carbocycles. The highest BCUT2D eigenvalue weighted by molar-refractivity contribution is 6.21. The number of benzene rings is 2. The SMILES string of the molecule is COc1ccc(CN2C(=O)c3ccccc3C2=O)cc1C(=O)O[C@@H](C)C(=O)N1CCC(C)CC1. The van der Waals surface area contributed by atoms with E-state index in [0.29, 0.717) is 35.7 Å². The molecule has 0 unspecified atom stereocenters. The number of ether oxygens (including phenoxy) is 2. The number of nitrogens with zero attached hydrogens (tertiary/aromatic N) is 2. The molecule has 178 valence electrons. The van der Waals surface area contributed by atoms with E-state index in [-0.39, 0.29) is 35.6 Å². The standard InChI is InChI=1S/C26H28N2O6/c1-16-10-12-27(13-11-16)23(29)17(2)34-26(32)21-14-18(8-9-22(21)33-3)15-28-24(30)19-6-4-5-7-20(19)25(28)31/h4-9,14,16-17H,10-13,15H2,1-3H3/t17-/m0/s1. The van der Waals surface area contributed by atoms with E-state index in [1.807, 2.05) is 0 Å². The summed E-state index contributed by atoms with van der Waals surface area (Å²) in [6.07, 6.45) is 0.922. The average Bonchev–Trinajstić information content (AvgIpc) is 3.09. The van der Waals surface area contributed by atoms with Crippen molar-refractivity contribution in [2.75, 3.05) is 20.2 Å². The second kappa shape index (κ2) is 9.67. The van der Waals surface area contributed by atoms with Gasteiger partial charge in [0.15, 0.2) is 6.10 Å². The van der Waals surface area contributed by atoms with Gasteiger partial charge < -0.3 is 14.4 Å². The van der Waals surface area contributed by atoms with Crippen molar-refractivity contribution in [1.29, 1.82) is 0 Å². The number of fused-ring (bicyclic) bond motifs is 1. The monoisotopic (exact) mass is 464 g/mol. The summed E-state index contributed by atoms with van der Waals surface area (Å²) in [5, 5.41) is 0. The fourth-order valence-corrected chi connectivity index (χ4v) is 4.34. The van der Waals surface area contributed by atoms with E-state index in [4.69, 9.17) is 9.47 Å². The molecular weight excluding hydrogens is 436 g/mol. The van der Waals surface area contributed by atoms with Gasteiger partial charge in [0.05, 0.1) is 24.8 Å². The predicted octanol–water partition coefficient (Wildman–Crippen LogP) is 3.30. The van der Waals surface area contributed by atoms with Crippen molar-refractivity contribution in [2.24, 2.45) is 5.92 Å². The van der Waals surface area contributed by atoms with Crippen molar-refractivity contribution in [2.45, 2.75) is 39.3 Å². The number of amides is 3. The molecule has 4 rings (SSSR count). The molecule has 34 heavy (non-hydrogen) atoms. The van der Waals surface area contributed by atoms with E-state index in [1.54, 1.807) is 48.2 Å². The molecule has 0 N–H and O–H groups in total. The highest BCUT2D eigenvalue weighted by Gasteiger charge is 2.35. The van der Waals surface area contributed by atoms with E-state index in [9.17, 15) is 19.2 Å². The fraction of sp³-hybridized carbons (Fsp3) is 0.385. The molecule has 2 heterocycles. The number of hydrogen-bond acceptors (Lipinski definition) is 6. The molecular formula is C26H28N2O6. The summed E-state index contributed by atoms with van der Waals surface area (Å²) in [7, 11) is 1.43. The van der Waals surface area contributed by atoms with Gasteiger partial charge in [-0.05, 0) is 55.5 Å². The molecule has 0 aromatic heterocycles. The van der Waals surface area contributed by atoms with E-state index in [0.717, 1.165) is 17.7 Å². The van der Waals surface area contributed by atoms with Crippen LogP contribution in [0.1, 0.15) is 63.3 Å². The van der Waals surface area contributed by atoms with Gasteiger partial charge in [0.25, 0.3) is 17.7 Å². The number of imide groups is 1. The van der Waals surface area contributed by atoms with Crippen LogP contribution in [0.3, 0.4) is 0 Å². The second-order valence-electron chi connectivity index (χ2n) is 8.83. The number of hydrogen-bond donors (Lipinski definition) is 0. The first-order valence-electron chi connectivity index (χ1n) is 11.4. The summed E-state index contributed by atoms with van der Waals surface area (Å²) in [6, 6.07) is 11.5. The Morgan fingerprint density at radius 3 is 2.24 bits per heavy atom. The number of rotatable bonds is 6. The Balaban J connectivity index is 1.48. The molecule has 0 aliphatic carbocycles. The summed E-state index contributed by atoms with van der Waals surface area (Å²) in [4.78, 5) is 53.9. The van der Waals surface area contributed by atoms with Crippen molar-refractivity contribution < 1.29 is 28.7 Å². The lowest BCUT2D eigenvalue weighted by Gasteiger charge is -2.32. The number of methoxy groups -OCH3 is 1. The topological polar surface area (TPSA) is 93.2 Å². The minimum absolute atomic E-state index is 0.00291. The lowest BCUT2D eigenvalue weighted by atomic mass is 9.99. The third-order valence-corrected chi connectivity index (χ3v) is 6.43. The van der Waals surface area contributed by atoms with Crippen molar-refractivity contribution >= 4 is 23.7 Å². The van der Waals surface area contributed by atoms with Crippen molar-refractivity contribution in [1.82, 2.24) is 9.80 Å². The lowest BCUT2D eigenvalue weighted by Crippen LogP contribution is -2.44. The van der Waals surface area contributed by atoms with Crippen molar-refractivity contribution in [3.63, 3.8) is 0 Å². The highest BCUT2D eigenvalue weighted by Crippen LogP contribution is 2.27. The van der Waals surface area contributed by atoms with Crippen LogP contribution in [-0.4, -0.2) is 59.8 Å². The van der Waals surface area contributed by atoms with Gasteiger partial charge in [0.1, 0.15) is 11.3 Å². The van der Waals surface area contributed by atoms with Crippen molar-refractivity contribution in [3.05, 3.63) is 64.7 Å². The largest absolute Gasteiger partial charge is 0.496 e. The molecule has 0 spiro atoms. The van der Waals surface area contributed by atoms with Crippen LogP contribution in [0.2, 0.25) is 0 Å². The Morgan fingerprint density at radius 2 is 1.65 bits per heavy atom. The zero-order valence-corrected chi connectivity index (χ0v) is 19.6. The summed E-state index contributed by atoms with van der Waals surface area (Å²) < 4.78 is 10.8. The van der Waals surface area contributed by atoms with E-state index in [1.165, 1.54) is 13.2 Å². The van der Waals surface area contributed by atoms with Gasteiger partial charge in [0, 0.05) is 13.1 Å². The van der Waals surface area contributed by atoms with E-state index >= 15 is 0 Å². The predicted molar refractivity (Wildman–Crippen MR) is 123 cm³/mol. The minimum atomic E-state index is -0.939. The Morgan fingerprint density at radius 1 is 1.03 bits per heavy atom. The molecule has 8 heteroatoms.